The van der Waals surface area contributed by atoms with Crippen molar-refractivity contribution in [3.63, 3.8) is 0 Å². The Balaban J connectivity index is 2.06. The molecule has 0 aliphatic rings. The van der Waals surface area contributed by atoms with Gasteiger partial charge in [0.1, 0.15) is 18.1 Å². The topological polar surface area (TPSA) is 44.5 Å². The van der Waals surface area contributed by atoms with E-state index in [1.807, 2.05) is 43.3 Å². The van der Waals surface area contributed by atoms with Gasteiger partial charge in [0.05, 0.1) is 7.11 Å². The third-order valence-corrected chi connectivity index (χ3v) is 3.24. The predicted octanol–water partition coefficient (Wildman–Crippen LogP) is 3.60. The van der Waals surface area contributed by atoms with Crippen LogP contribution in [0.25, 0.3) is 0 Å². The molecule has 3 heteroatoms. The molecule has 0 spiro atoms. The number of rotatable bonds is 5. The summed E-state index contributed by atoms with van der Waals surface area (Å²) in [6.45, 7) is 4.51. The van der Waals surface area contributed by atoms with Crippen LogP contribution in [0.3, 0.4) is 0 Å². The van der Waals surface area contributed by atoms with Crippen molar-refractivity contribution in [2.45, 2.75) is 26.5 Å². The van der Waals surface area contributed by atoms with Gasteiger partial charge in [-0.05, 0) is 43.7 Å². The Labute approximate surface area is 120 Å². The quantitative estimate of drug-likeness (QED) is 0.903. The van der Waals surface area contributed by atoms with Crippen molar-refractivity contribution in [1.29, 1.82) is 0 Å². The maximum absolute atomic E-state index is 5.83. The van der Waals surface area contributed by atoms with Gasteiger partial charge in [0.2, 0.25) is 0 Å². The predicted molar refractivity (Wildman–Crippen MR) is 81.1 cm³/mol. The van der Waals surface area contributed by atoms with Crippen LogP contribution in [0, 0.1) is 6.92 Å². The highest BCUT2D eigenvalue weighted by molar-refractivity contribution is 5.37. The number of methoxy groups -OCH3 is 1. The van der Waals surface area contributed by atoms with Crippen molar-refractivity contribution >= 4 is 0 Å². The number of hydrogen-bond acceptors (Lipinski definition) is 3. The summed E-state index contributed by atoms with van der Waals surface area (Å²) < 4.78 is 11.1. The van der Waals surface area contributed by atoms with Gasteiger partial charge in [-0.3, -0.25) is 0 Å². The highest BCUT2D eigenvalue weighted by Gasteiger charge is 2.05. The minimum atomic E-state index is 0.0425. The van der Waals surface area contributed by atoms with Crippen LogP contribution in [0.2, 0.25) is 0 Å². The van der Waals surface area contributed by atoms with Gasteiger partial charge in [0, 0.05) is 11.6 Å². The van der Waals surface area contributed by atoms with E-state index in [-0.39, 0.29) is 6.04 Å². The Morgan fingerprint density at radius 1 is 1.10 bits per heavy atom. The van der Waals surface area contributed by atoms with Gasteiger partial charge in [0.25, 0.3) is 0 Å². The molecular formula is C17H21NO2. The van der Waals surface area contributed by atoms with Crippen LogP contribution in [0.15, 0.2) is 42.5 Å². The maximum Gasteiger partial charge on any atom is 0.125 e. The first-order valence-electron chi connectivity index (χ1n) is 6.72. The summed E-state index contributed by atoms with van der Waals surface area (Å²) in [5.74, 6) is 1.68. The van der Waals surface area contributed by atoms with Gasteiger partial charge < -0.3 is 15.2 Å². The molecule has 0 aliphatic carbocycles. The minimum Gasteiger partial charge on any atom is -0.496 e. The van der Waals surface area contributed by atoms with Crippen molar-refractivity contribution in [3.05, 3.63) is 59.2 Å². The molecule has 0 radical (unpaired) electrons. The Morgan fingerprint density at radius 3 is 2.40 bits per heavy atom. The largest absolute Gasteiger partial charge is 0.496 e. The number of ether oxygens (including phenoxy) is 2. The lowest BCUT2D eigenvalue weighted by Gasteiger charge is -2.12. The molecule has 0 saturated heterocycles. The second kappa shape index (κ2) is 6.44. The number of aryl methyl sites for hydroxylation is 1. The normalized spacial score (nSPS) is 12.0. The van der Waals surface area contributed by atoms with Crippen LogP contribution >= 0.6 is 0 Å². The van der Waals surface area contributed by atoms with Crippen LogP contribution in [-0.2, 0) is 6.61 Å². The summed E-state index contributed by atoms with van der Waals surface area (Å²) in [5.41, 5.74) is 9.16. The van der Waals surface area contributed by atoms with Gasteiger partial charge in [-0.15, -0.1) is 0 Å². The Morgan fingerprint density at radius 2 is 1.80 bits per heavy atom. The standard InChI is InChI=1S/C17H21NO2/c1-12-4-9-17(19-3)15(10-12)11-20-16-7-5-14(6-8-16)13(2)18/h4-10,13H,11,18H2,1-3H3/t13-/m1/s1. The first-order valence-corrected chi connectivity index (χ1v) is 6.72. The van der Waals surface area contributed by atoms with Crippen molar-refractivity contribution in [2.75, 3.05) is 7.11 Å². The van der Waals surface area contributed by atoms with E-state index in [1.54, 1.807) is 7.11 Å². The molecule has 2 aromatic carbocycles. The summed E-state index contributed by atoms with van der Waals surface area (Å²) in [6.07, 6.45) is 0. The molecule has 20 heavy (non-hydrogen) atoms. The number of nitrogens with two attached hydrogens (primary N) is 1. The second-order valence-corrected chi connectivity index (χ2v) is 4.96. The van der Waals surface area contributed by atoms with Gasteiger partial charge in [-0.25, -0.2) is 0 Å². The van der Waals surface area contributed by atoms with Crippen LogP contribution in [0.5, 0.6) is 11.5 Å². The fourth-order valence-electron chi connectivity index (χ4n) is 2.05. The van der Waals surface area contributed by atoms with Gasteiger partial charge in [-0.1, -0.05) is 23.8 Å². The molecule has 0 aromatic heterocycles. The second-order valence-electron chi connectivity index (χ2n) is 4.96. The van der Waals surface area contributed by atoms with Crippen LogP contribution in [-0.4, -0.2) is 7.11 Å². The van der Waals surface area contributed by atoms with Crippen LogP contribution < -0.4 is 15.2 Å². The number of benzene rings is 2. The molecule has 0 heterocycles. The van der Waals surface area contributed by atoms with Crippen molar-refractivity contribution in [1.82, 2.24) is 0 Å². The Bertz CT molecular complexity index is 562. The van der Waals surface area contributed by atoms with Gasteiger partial charge >= 0.3 is 0 Å². The van der Waals surface area contributed by atoms with E-state index in [0.29, 0.717) is 6.61 Å². The van der Waals surface area contributed by atoms with E-state index in [0.717, 1.165) is 22.6 Å². The van der Waals surface area contributed by atoms with Crippen molar-refractivity contribution < 1.29 is 9.47 Å². The van der Waals surface area contributed by atoms with Crippen molar-refractivity contribution in [3.8, 4) is 11.5 Å². The molecule has 0 unspecified atom stereocenters. The van der Waals surface area contributed by atoms with E-state index in [9.17, 15) is 0 Å². The monoisotopic (exact) mass is 271 g/mol. The van der Waals surface area contributed by atoms with E-state index in [1.165, 1.54) is 5.56 Å². The summed E-state index contributed by atoms with van der Waals surface area (Å²) in [6, 6.07) is 14.0. The lowest BCUT2D eigenvalue weighted by Crippen LogP contribution is -2.04. The minimum absolute atomic E-state index is 0.0425. The zero-order valence-electron chi connectivity index (χ0n) is 12.2. The SMILES string of the molecule is COc1ccc(C)cc1COc1ccc([C@@H](C)N)cc1. The summed E-state index contributed by atoms with van der Waals surface area (Å²) in [5, 5.41) is 0. The molecular weight excluding hydrogens is 250 g/mol. The lowest BCUT2D eigenvalue weighted by atomic mass is 10.1. The highest BCUT2D eigenvalue weighted by atomic mass is 16.5. The molecule has 0 fully saturated rings. The zero-order valence-corrected chi connectivity index (χ0v) is 12.2. The molecule has 0 aliphatic heterocycles. The van der Waals surface area contributed by atoms with Crippen molar-refractivity contribution in [2.24, 2.45) is 5.73 Å². The fraction of sp³-hybridized carbons (Fsp3) is 0.294. The molecule has 2 rings (SSSR count). The van der Waals surface area contributed by atoms with Crippen LogP contribution in [0.4, 0.5) is 0 Å². The summed E-state index contributed by atoms with van der Waals surface area (Å²) >= 11 is 0. The average molecular weight is 271 g/mol. The first kappa shape index (κ1) is 14.4. The Hall–Kier alpha value is -2.00. The molecule has 0 amide bonds. The fourth-order valence-corrected chi connectivity index (χ4v) is 2.05. The molecule has 1 atom stereocenters. The van der Waals surface area contributed by atoms with E-state index >= 15 is 0 Å². The molecule has 0 saturated carbocycles. The molecule has 106 valence electrons. The Kier molecular flexibility index (Phi) is 4.64. The molecule has 3 nitrogen and oxygen atoms in total. The van der Waals surface area contributed by atoms with E-state index in [4.69, 9.17) is 15.2 Å². The first-order chi connectivity index (χ1) is 9.60. The molecule has 2 aromatic rings. The summed E-state index contributed by atoms with van der Waals surface area (Å²) in [4.78, 5) is 0. The van der Waals surface area contributed by atoms with Gasteiger partial charge in [-0.2, -0.15) is 0 Å². The third-order valence-electron chi connectivity index (χ3n) is 3.24. The van der Waals surface area contributed by atoms with Gasteiger partial charge in [0.15, 0.2) is 0 Å². The highest BCUT2D eigenvalue weighted by Crippen LogP contribution is 2.22. The number of hydrogen-bond donors (Lipinski definition) is 1. The molecule has 2 N–H and O–H groups in total. The lowest BCUT2D eigenvalue weighted by molar-refractivity contribution is 0.296. The van der Waals surface area contributed by atoms with E-state index < -0.39 is 0 Å². The molecule has 0 bridgehead atoms. The zero-order chi connectivity index (χ0) is 14.5. The smallest absolute Gasteiger partial charge is 0.125 e. The van der Waals surface area contributed by atoms with E-state index in [2.05, 4.69) is 13.0 Å². The average Bonchev–Trinajstić information content (AvgIpc) is 2.45. The maximum atomic E-state index is 5.83. The third kappa shape index (κ3) is 3.52. The summed E-state index contributed by atoms with van der Waals surface area (Å²) in [7, 11) is 1.67. The van der Waals surface area contributed by atoms with Crippen LogP contribution in [0.1, 0.15) is 29.7 Å².